The van der Waals surface area contributed by atoms with Gasteiger partial charge in [-0.1, -0.05) is 12.1 Å². The van der Waals surface area contributed by atoms with Crippen LogP contribution in [0.5, 0.6) is 0 Å². The highest BCUT2D eigenvalue weighted by atomic mass is 35.5. The number of benzene rings is 1. The van der Waals surface area contributed by atoms with Gasteiger partial charge in [0.15, 0.2) is 0 Å². The minimum absolute atomic E-state index is 0. The Kier molecular flexibility index (Phi) is 7.24. The fourth-order valence-corrected chi connectivity index (χ4v) is 2.06. The monoisotopic (exact) mass is 360 g/mol. The predicted octanol–water partition coefficient (Wildman–Crippen LogP) is 1.38. The van der Waals surface area contributed by atoms with Crippen molar-refractivity contribution in [1.82, 2.24) is 15.3 Å². The molecule has 1 aromatic carbocycles. The van der Waals surface area contributed by atoms with Crippen molar-refractivity contribution >= 4 is 29.2 Å². The second-order valence-electron chi connectivity index (χ2n) is 5.22. The Balaban J connectivity index is 0.00000288. The van der Waals surface area contributed by atoms with Gasteiger partial charge in [0.2, 0.25) is 5.91 Å². The number of aromatic nitrogens is 2. The van der Waals surface area contributed by atoms with E-state index in [9.17, 15) is 18.4 Å². The quantitative estimate of drug-likeness (QED) is 0.694. The van der Waals surface area contributed by atoms with Crippen molar-refractivity contribution in [3.05, 3.63) is 40.4 Å². The fraction of sp³-hybridized carbons (Fsp3) is 0.400. The summed E-state index contributed by atoms with van der Waals surface area (Å²) in [6.07, 6.45) is 0.833. The Morgan fingerprint density at radius 3 is 2.75 bits per heavy atom. The summed E-state index contributed by atoms with van der Waals surface area (Å²) in [7, 11) is 0. The molecule has 0 aliphatic rings. The first-order valence-corrected chi connectivity index (χ1v) is 7.24. The van der Waals surface area contributed by atoms with Gasteiger partial charge in [-0.05, 0) is 18.6 Å². The fourth-order valence-electron chi connectivity index (χ4n) is 2.06. The number of aromatic amines is 1. The number of nitrogens with one attached hydrogen (secondary N) is 2. The van der Waals surface area contributed by atoms with E-state index in [1.54, 1.807) is 24.3 Å². The third kappa shape index (κ3) is 5.54. The highest BCUT2D eigenvalue weighted by Crippen LogP contribution is 2.09. The lowest BCUT2D eigenvalue weighted by Gasteiger charge is -2.14. The number of alkyl halides is 2. The molecule has 2 aromatic rings. The predicted molar refractivity (Wildman–Crippen MR) is 89.6 cm³/mol. The van der Waals surface area contributed by atoms with E-state index in [1.807, 2.05) is 0 Å². The smallest absolute Gasteiger partial charge is 0.277 e. The van der Waals surface area contributed by atoms with Crippen molar-refractivity contribution in [2.75, 3.05) is 13.1 Å². The normalized spacial score (nSPS) is 11.1. The van der Waals surface area contributed by atoms with Gasteiger partial charge in [0.1, 0.15) is 5.82 Å². The van der Waals surface area contributed by atoms with E-state index in [2.05, 4.69) is 15.3 Å². The molecule has 0 unspecified atom stereocenters. The third-order valence-corrected chi connectivity index (χ3v) is 3.32. The van der Waals surface area contributed by atoms with E-state index in [0.29, 0.717) is 29.6 Å². The number of H-pyrrole nitrogens is 1. The van der Waals surface area contributed by atoms with E-state index < -0.39 is 24.9 Å². The number of carbonyl (C=O) groups is 1. The molecule has 0 saturated heterocycles. The van der Waals surface area contributed by atoms with Crippen LogP contribution in [0.1, 0.15) is 18.7 Å². The molecule has 0 bridgehead atoms. The maximum Gasteiger partial charge on any atom is 0.277 e. The van der Waals surface area contributed by atoms with Crippen LogP contribution >= 0.6 is 12.4 Å². The van der Waals surface area contributed by atoms with Gasteiger partial charge in [-0.25, -0.2) is 13.8 Å². The van der Waals surface area contributed by atoms with E-state index in [1.165, 1.54) is 0 Å². The van der Waals surface area contributed by atoms with Crippen molar-refractivity contribution in [2.24, 2.45) is 5.73 Å². The Bertz CT molecular complexity index is 752. The number of para-hydroxylation sites is 1. The average Bonchev–Trinajstić information content (AvgIpc) is 2.53. The molecule has 1 heterocycles. The Hall–Kier alpha value is -2.06. The number of hydrogen-bond donors (Lipinski definition) is 3. The zero-order chi connectivity index (χ0) is 16.9. The van der Waals surface area contributed by atoms with Crippen LogP contribution in [0.25, 0.3) is 10.9 Å². The van der Waals surface area contributed by atoms with Gasteiger partial charge in [0.25, 0.3) is 11.5 Å². The summed E-state index contributed by atoms with van der Waals surface area (Å²) in [6, 6.07) is 6.94. The van der Waals surface area contributed by atoms with Gasteiger partial charge in [-0.15, -0.1) is 12.4 Å². The van der Waals surface area contributed by atoms with E-state index in [0.717, 1.165) is 0 Å². The van der Waals surface area contributed by atoms with Crippen LogP contribution in [0.4, 0.5) is 8.78 Å². The minimum atomic E-state index is -3.10. The van der Waals surface area contributed by atoms with Gasteiger partial charge in [0, 0.05) is 12.8 Å². The van der Waals surface area contributed by atoms with Gasteiger partial charge in [-0.2, -0.15) is 0 Å². The van der Waals surface area contributed by atoms with Crippen LogP contribution in [0, 0.1) is 0 Å². The maximum absolute atomic E-state index is 12.9. The van der Waals surface area contributed by atoms with Gasteiger partial charge < -0.3 is 16.0 Å². The molecule has 0 saturated carbocycles. The topological polar surface area (TPSA) is 101 Å². The standard InChI is InChI=1S/C15H18F2N4O2.ClH/c16-15(17,8-18)9-19-13(22)7-3-6-12-20-11-5-2-1-4-10(11)14(23)21-12;/h1-2,4-5H,3,6-9,18H2,(H,19,22)(H,20,21,23);1H. The molecule has 24 heavy (non-hydrogen) atoms. The number of halogens is 3. The zero-order valence-corrected chi connectivity index (χ0v) is 13.7. The lowest BCUT2D eigenvalue weighted by Crippen LogP contribution is -2.41. The highest BCUT2D eigenvalue weighted by Gasteiger charge is 2.26. The molecule has 2 rings (SSSR count). The molecular formula is C15H19ClF2N4O2. The number of nitrogens with zero attached hydrogens (tertiary/aromatic N) is 1. The summed E-state index contributed by atoms with van der Waals surface area (Å²) in [5.41, 5.74) is 5.23. The van der Waals surface area contributed by atoms with Crippen LogP contribution < -0.4 is 16.6 Å². The van der Waals surface area contributed by atoms with E-state index >= 15 is 0 Å². The first kappa shape index (κ1) is 20.0. The molecular weight excluding hydrogens is 342 g/mol. The molecule has 0 spiro atoms. The first-order chi connectivity index (χ1) is 10.9. The SMILES string of the molecule is Cl.NCC(F)(F)CNC(=O)CCCc1nc2ccccc2c(=O)[nH]1. The molecule has 6 nitrogen and oxygen atoms in total. The molecule has 0 aliphatic carbocycles. The number of hydrogen-bond acceptors (Lipinski definition) is 4. The molecule has 1 amide bonds. The van der Waals surface area contributed by atoms with Gasteiger partial charge in [0.05, 0.1) is 24.0 Å². The summed E-state index contributed by atoms with van der Waals surface area (Å²) in [4.78, 5) is 30.3. The average molecular weight is 361 g/mol. The number of aryl methyl sites for hydroxylation is 1. The first-order valence-electron chi connectivity index (χ1n) is 7.24. The second-order valence-corrected chi connectivity index (χ2v) is 5.22. The minimum Gasteiger partial charge on any atom is -0.350 e. The summed E-state index contributed by atoms with van der Waals surface area (Å²) in [5.74, 6) is -3.11. The molecule has 4 N–H and O–H groups in total. The van der Waals surface area contributed by atoms with Crippen molar-refractivity contribution in [2.45, 2.75) is 25.2 Å². The van der Waals surface area contributed by atoms with Gasteiger partial charge in [-0.3, -0.25) is 9.59 Å². The highest BCUT2D eigenvalue weighted by molar-refractivity contribution is 5.85. The lowest BCUT2D eigenvalue weighted by atomic mass is 10.2. The van der Waals surface area contributed by atoms with Crippen molar-refractivity contribution in [1.29, 1.82) is 0 Å². The van der Waals surface area contributed by atoms with Crippen LogP contribution in [0.2, 0.25) is 0 Å². The van der Waals surface area contributed by atoms with Crippen LogP contribution in [-0.2, 0) is 11.2 Å². The Morgan fingerprint density at radius 2 is 2.04 bits per heavy atom. The largest absolute Gasteiger partial charge is 0.350 e. The zero-order valence-electron chi connectivity index (χ0n) is 12.9. The number of nitrogens with two attached hydrogens (primary N) is 1. The van der Waals surface area contributed by atoms with Crippen molar-refractivity contribution in [3.8, 4) is 0 Å². The van der Waals surface area contributed by atoms with Crippen molar-refractivity contribution in [3.63, 3.8) is 0 Å². The third-order valence-electron chi connectivity index (χ3n) is 3.32. The summed E-state index contributed by atoms with van der Waals surface area (Å²) in [6.45, 7) is -1.58. The summed E-state index contributed by atoms with van der Waals surface area (Å²) >= 11 is 0. The summed E-state index contributed by atoms with van der Waals surface area (Å²) < 4.78 is 25.8. The van der Waals surface area contributed by atoms with Gasteiger partial charge >= 0.3 is 0 Å². The molecule has 132 valence electrons. The molecule has 0 radical (unpaired) electrons. The molecule has 0 atom stereocenters. The maximum atomic E-state index is 12.9. The van der Waals surface area contributed by atoms with Crippen LogP contribution in [0.3, 0.4) is 0 Å². The lowest BCUT2D eigenvalue weighted by molar-refractivity contribution is -0.122. The van der Waals surface area contributed by atoms with E-state index in [4.69, 9.17) is 5.73 Å². The van der Waals surface area contributed by atoms with E-state index in [-0.39, 0.29) is 24.4 Å². The Labute approximate surface area is 143 Å². The molecule has 0 aliphatic heterocycles. The molecule has 9 heteroatoms. The number of carbonyl (C=O) groups excluding carboxylic acids is 1. The number of rotatable bonds is 7. The Morgan fingerprint density at radius 1 is 1.33 bits per heavy atom. The number of fused-ring (bicyclic) bond motifs is 1. The number of amides is 1. The second kappa shape index (κ2) is 8.70. The van der Waals surface area contributed by atoms with Crippen LogP contribution in [-0.4, -0.2) is 34.9 Å². The van der Waals surface area contributed by atoms with Crippen molar-refractivity contribution < 1.29 is 13.6 Å². The summed E-state index contributed by atoms with van der Waals surface area (Å²) in [5, 5.41) is 2.64. The molecule has 0 fully saturated rings. The van der Waals surface area contributed by atoms with Crippen LogP contribution in [0.15, 0.2) is 29.1 Å². The molecule has 1 aromatic heterocycles.